The number of carbonyl (C=O) groups excluding carboxylic acids is 2. The Morgan fingerprint density at radius 1 is 1.38 bits per heavy atom. The molecule has 1 saturated heterocycles. The summed E-state index contributed by atoms with van der Waals surface area (Å²) in [5, 5.41) is 10.2. The molecule has 132 valence electrons. The van der Waals surface area contributed by atoms with Crippen LogP contribution >= 0.6 is 12.4 Å². The third kappa shape index (κ3) is 4.69. The fourth-order valence-corrected chi connectivity index (χ4v) is 2.67. The van der Waals surface area contributed by atoms with Crippen LogP contribution < -0.4 is 16.8 Å². The quantitative estimate of drug-likeness (QED) is 0.450. The first-order chi connectivity index (χ1) is 10.9. The van der Waals surface area contributed by atoms with E-state index in [4.69, 9.17) is 16.9 Å². The van der Waals surface area contributed by atoms with Crippen molar-refractivity contribution in [3.63, 3.8) is 0 Å². The molecule has 0 aliphatic carbocycles. The number of hydrogen-bond acceptors (Lipinski definition) is 4. The average molecular weight is 354 g/mol. The zero-order chi connectivity index (χ0) is 17.0. The molecule has 6 N–H and O–H groups in total. The molecule has 0 unspecified atom stereocenters. The number of nitrogens with two attached hydrogens (primary N) is 2. The van der Waals surface area contributed by atoms with Gasteiger partial charge in [-0.3, -0.25) is 15.0 Å². The molecule has 2 rings (SSSR count). The Morgan fingerprint density at radius 2 is 2.00 bits per heavy atom. The highest BCUT2D eigenvalue weighted by atomic mass is 35.5. The van der Waals surface area contributed by atoms with E-state index < -0.39 is 12.1 Å². The molecule has 0 spiro atoms. The van der Waals surface area contributed by atoms with E-state index in [1.165, 1.54) is 0 Å². The minimum absolute atomic E-state index is 0. The molecule has 1 aliphatic heterocycles. The summed E-state index contributed by atoms with van der Waals surface area (Å²) in [4.78, 5) is 25.9. The summed E-state index contributed by atoms with van der Waals surface area (Å²) in [5.74, 6) is -0.336. The number of halogens is 1. The number of hydrogen-bond donors (Lipinski definition) is 4. The van der Waals surface area contributed by atoms with Crippen molar-refractivity contribution >= 4 is 30.1 Å². The third-order valence-corrected chi connectivity index (χ3v) is 3.96. The lowest BCUT2D eigenvalue weighted by atomic mass is 10.1. The molecule has 0 radical (unpaired) electrons. The number of nitrogens with zero attached hydrogens (tertiary/aromatic N) is 1. The van der Waals surface area contributed by atoms with Crippen LogP contribution in [0.1, 0.15) is 30.9 Å². The van der Waals surface area contributed by atoms with E-state index in [-0.39, 0.29) is 30.1 Å². The van der Waals surface area contributed by atoms with Crippen molar-refractivity contribution in [3.8, 4) is 0 Å². The molecule has 0 bridgehead atoms. The van der Waals surface area contributed by atoms with Gasteiger partial charge in [0.05, 0.1) is 6.04 Å². The van der Waals surface area contributed by atoms with Crippen molar-refractivity contribution in [1.82, 2.24) is 10.2 Å². The molecule has 1 fully saturated rings. The van der Waals surface area contributed by atoms with Crippen LogP contribution in [-0.2, 0) is 16.1 Å². The van der Waals surface area contributed by atoms with E-state index >= 15 is 0 Å². The average Bonchev–Trinajstić information content (AvgIpc) is 3.01. The van der Waals surface area contributed by atoms with Crippen LogP contribution in [0.15, 0.2) is 24.3 Å². The van der Waals surface area contributed by atoms with Gasteiger partial charge in [0.2, 0.25) is 11.8 Å². The van der Waals surface area contributed by atoms with Gasteiger partial charge >= 0.3 is 0 Å². The number of rotatable bonds is 5. The highest BCUT2D eigenvalue weighted by Gasteiger charge is 2.34. The number of amides is 2. The Bertz CT molecular complexity index is 603. The number of likely N-dealkylation sites (tertiary alicyclic amines) is 1. The van der Waals surface area contributed by atoms with E-state index in [9.17, 15) is 9.59 Å². The summed E-state index contributed by atoms with van der Waals surface area (Å²) in [6.07, 6.45) is 1.47. The smallest absolute Gasteiger partial charge is 0.243 e. The van der Waals surface area contributed by atoms with Gasteiger partial charge in [0, 0.05) is 18.7 Å². The number of nitrogens with one attached hydrogen (secondary N) is 2. The first-order valence-corrected chi connectivity index (χ1v) is 7.67. The number of amidine groups is 1. The summed E-state index contributed by atoms with van der Waals surface area (Å²) in [7, 11) is 0. The summed E-state index contributed by atoms with van der Waals surface area (Å²) in [6.45, 7) is 2.58. The zero-order valence-electron chi connectivity index (χ0n) is 13.6. The topological polar surface area (TPSA) is 125 Å². The first-order valence-electron chi connectivity index (χ1n) is 7.67. The lowest BCUT2D eigenvalue weighted by Crippen LogP contribution is -2.50. The summed E-state index contributed by atoms with van der Waals surface area (Å²) >= 11 is 0. The maximum atomic E-state index is 12.3. The molecule has 0 saturated carbocycles. The van der Waals surface area contributed by atoms with Crippen molar-refractivity contribution in [2.24, 2.45) is 11.5 Å². The fourth-order valence-electron chi connectivity index (χ4n) is 2.67. The largest absolute Gasteiger partial charge is 0.384 e. The summed E-state index contributed by atoms with van der Waals surface area (Å²) in [6, 6.07) is 6.08. The molecule has 7 nitrogen and oxygen atoms in total. The molecule has 1 aliphatic rings. The molecule has 2 amide bonds. The van der Waals surface area contributed by atoms with Gasteiger partial charge in [-0.1, -0.05) is 24.3 Å². The molecular weight excluding hydrogens is 330 g/mol. The van der Waals surface area contributed by atoms with Crippen molar-refractivity contribution in [3.05, 3.63) is 35.4 Å². The van der Waals surface area contributed by atoms with Gasteiger partial charge in [0.25, 0.3) is 0 Å². The SMILES string of the molecule is C[C@@H](N)C(=O)N1CCC[C@H]1C(=O)NCc1ccc(C(=N)N)cc1.Cl. The van der Waals surface area contributed by atoms with Crippen LogP contribution in [0.5, 0.6) is 0 Å². The molecule has 8 heteroatoms. The van der Waals surface area contributed by atoms with E-state index in [0.29, 0.717) is 25.1 Å². The second-order valence-electron chi connectivity index (χ2n) is 5.81. The van der Waals surface area contributed by atoms with E-state index in [1.807, 2.05) is 12.1 Å². The second kappa shape index (κ2) is 8.65. The molecule has 0 aromatic heterocycles. The lowest BCUT2D eigenvalue weighted by Gasteiger charge is -2.25. The highest BCUT2D eigenvalue weighted by molar-refractivity contribution is 5.95. The fraction of sp³-hybridized carbons (Fsp3) is 0.438. The number of benzene rings is 1. The molecular formula is C16H24ClN5O2. The zero-order valence-corrected chi connectivity index (χ0v) is 14.4. The van der Waals surface area contributed by atoms with Crippen molar-refractivity contribution in [2.45, 2.75) is 38.4 Å². The Labute approximate surface area is 147 Å². The van der Waals surface area contributed by atoms with Crippen LogP contribution in [0, 0.1) is 5.41 Å². The maximum Gasteiger partial charge on any atom is 0.243 e. The summed E-state index contributed by atoms with van der Waals surface area (Å²) < 4.78 is 0. The van der Waals surface area contributed by atoms with Crippen LogP contribution in [0.25, 0.3) is 0 Å². The van der Waals surface area contributed by atoms with Crippen LogP contribution in [0.4, 0.5) is 0 Å². The Morgan fingerprint density at radius 3 is 2.54 bits per heavy atom. The van der Waals surface area contributed by atoms with E-state index in [0.717, 1.165) is 12.0 Å². The number of nitrogen functional groups attached to an aromatic ring is 1. The monoisotopic (exact) mass is 353 g/mol. The van der Waals surface area contributed by atoms with Gasteiger partial charge in [0.15, 0.2) is 0 Å². The molecule has 1 aromatic carbocycles. The van der Waals surface area contributed by atoms with Crippen molar-refractivity contribution in [2.75, 3.05) is 6.54 Å². The predicted octanol–water partition coefficient (Wildman–Crippen LogP) is 0.347. The highest BCUT2D eigenvalue weighted by Crippen LogP contribution is 2.18. The first kappa shape index (κ1) is 19.9. The van der Waals surface area contributed by atoms with Crippen LogP contribution in [0.2, 0.25) is 0 Å². The standard InChI is InChI=1S/C16H23N5O2.ClH/c1-10(17)16(23)21-8-2-3-13(21)15(22)20-9-11-4-6-12(7-5-11)14(18)19;/h4-7,10,13H,2-3,8-9,17H2,1H3,(H3,18,19)(H,20,22);1H/t10-,13+;/m1./s1. The summed E-state index contributed by atoms with van der Waals surface area (Å²) in [5.41, 5.74) is 12.6. The van der Waals surface area contributed by atoms with Crippen molar-refractivity contribution < 1.29 is 9.59 Å². The van der Waals surface area contributed by atoms with E-state index in [2.05, 4.69) is 5.32 Å². The molecule has 2 atom stereocenters. The van der Waals surface area contributed by atoms with Crippen molar-refractivity contribution in [1.29, 1.82) is 5.41 Å². The Kier molecular flexibility index (Phi) is 7.18. The van der Waals surface area contributed by atoms with Gasteiger partial charge in [-0.2, -0.15) is 0 Å². The number of carbonyl (C=O) groups is 2. The van der Waals surface area contributed by atoms with Gasteiger partial charge in [-0.25, -0.2) is 0 Å². The third-order valence-electron chi connectivity index (χ3n) is 3.96. The van der Waals surface area contributed by atoms with E-state index in [1.54, 1.807) is 24.0 Å². The minimum Gasteiger partial charge on any atom is -0.384 e. The van der Waals surface area contributed by atoms with Gasteiger partial charge in [-0.15, -0.1) is 12.4 Å². The van der Waals surface area contributed by atoms with Gasteiger partial charge in [-0.05, 0) is 25.3 Å². The van der Waals surface area contributed by atoms with Crippen LogP contribution in [0.3, 0.4) is 0 Å². The minimum atomic E-state index is -0.595. The second-order valence-corrected chi connectivity index (χ2v) is 5.81. The molecule has 24 heavy (non-hydrogen) atoms. The lowest BCUT2D eigenvalue weighted by molar-refractivity contribution is -0.139. The maximum absolute atomic E-state index is 12.3. The van der Waals surface area contributed by atoms with Gasteiger partial charge in [0.1, 0.15) is 11.9 Å². The Balaban J connectivity index is 0.00000288. The molecule has 1 heterocycles. The Hall–Kier alpha value is -2.12. The van der Waals surface area contributed by atoms with Crippen LogP contribution in [-0.4, -0.2) is 41.2 Å². The predicted molar refractivity (Wildman–Crippen MR) is 94.9 cm³/mol. The molecule has 1 aromatic rings. The normalized spacial score (nSPS) is 17.8. The van der Waals surface area contributed by atoms with Gasteiger partial charge < -0.3 is 21.7 Å².